The van der Waals surface area contributed by atoms with Gasteiger partial charge in [-0.15, -0.1) is 0 Å². The highest BCUT2D eigenvalue weighted by atomic mass is 16.3. The molecule has 0 bridgehead atoms. The number of hydrogen-bond donors (Lipinski definition) is 6. The molecular formula is C56H68N12O3. The second kappa shape index (κ2) is 23.0. The summed E-state index contributed by atoms with van der Waals surface area (Å²) in [6, 6.07) is 35.8. The van der Waals surface area contributed by atoms with Crippen LogP contribution in [0.15, 0.2) is 109 Å². The molecule has 0 amide bonds. The number of aryl methyl sites for hydroxylation is 4. The van der Waals surface area contributed by atoms with E-state index in [1.165, 1.54) is 11.1 Å². The Bertz CT molecular complexity index is 3080. The van der Waals surface area contributed by atoms with Crippen LogP contribution in [0.3, 0.4) is 0 Å². The van der Waals surface area contributed by atoms with E-state index in [-0.39, 0.29) is 11.5 Å². The molecule has 10 rings (SSSR count). The zero-order valence-electron chi connectivity index (χ0n) is 41.9. The van der Waals surface area contributed by atoms with Gasteiger partial charge in [-0.25, -0.2) is 9.97 Å². The van der Waals surface area contributed by atoms with Crippen molar-refractivity contribution in [2.75, 3.05) is 62.0 Å². The van der Waals surface area contributed by atoms with Crippen molar-refractivity contribution in [1.82, 2.24) is 38.9 Å². The van der Waals surface area contributed by atoms with Crippen LogP contribution in [0.5, 0.6) is 11.5 Å². The zero-order valence-corrected chi connectivity index (χ0v) is 41.9. The van der Waals surface area contributed by atoms with Crippen LogP contribution < -0.4 is 21.7 Å². The van der Waals surface area contributed by atoms with Crippen molar-refractivity contribution < 1.29 is 15.0 Å². The minimum atomic E-state index is 0.191. The van der Waals surface area contributed by atoms with Crippen molar-refractivity contribution in [3.8, 4) is 11.5 Å². The number of hydrogen-bond acceptors (Lipinski definition) is 13. The van der Waals surface area contributed by atoms with Crippen molar-refractivity contribution in [3.63, 3.8) is 0 Å². The second-order valence-corrected chi connectivity index (χ2v) is 19.2. The zero-order chi connectivity index (χ0) is 50.0. The molecule has 15 heteroatoms. The molecule has 4 aromatic carbocycles. The van der Waals surface area contributed by atoms with Crippen molar-refractivity contribution in [2.45, 2.75) is 85.1 Å². The highest BCUT2D eigenvalue weighted by molar-refractivity contribution is 5.83. The van der Waals surface area contributed by atoms with Gasteiger partial charge in [-0.3, -0.25) is 14.8 Å². The first-order valence-electron chi connectivity index (χ1n) is 24.6. The second-order valence-electron chi connectivity index (χ2n) is 19.2. The number of aromatic nitrogens is 6. The van der Waals surface area contributed by atoms with E-state index in [9.17, 15) is 15.0 Å². The number of carbonyl (C=O) groups excluding carboxylic acids is 1. The summed E-state index contributed by atoms with van der Waals surface area (Å²) >= 11 is 0. The number of aldehydes is 1. The lowest BCUT2D eigenvalue weighted by Crippen LogP contribution is -2.37. The van der Waals surface area contributed by atoms with Crippen LogP contribution in [0, 0.1) is 27.7 Å². The van der Waals surface area contributed by atoms with Crippen LogP contribution in [0.4, 0.5) is 23.3 Å². The lowest BCUT2D eigenvalue weighted by molar-refractivity contribution is 0.112. The smallest absolute Gasteiger partial charge is 0.204 e. The van der Waals surface area contributed by atoms with Crippen LogP contribution >= 0.6 is 0 Å². The predicted octanol–water partition coefficient (Wildman–Crippen LogP) is 9.31. The Morgan fingerprint density at radius 2 is 1.11 bits per heavy atom. The van der Waals surface area contributed by atoms with Crippen molar-refractivity contribution >= 4 is 51.6 Å². The monoisotopic (exact) mass is 957 g/mol. The van der Waals surface area contributed by atoms with Crippen molar-refractivity contribution in [1.29, 1.82) is 0 Å². The molecule has 4 aromatic heterocycles. The number of aromatic hydroxyl groups is 2. The fraction of sp³-hybridized carbons (Fsp3) is 0.339. The molecular weight excluding hydrogens is 889 g/mol. The summed E-state index contributed by atoms with van der Waals surface area (Å²) in [6.45, 7) is 13.9. The van der Waals surface area contributed by atoms with Crippen LogP contribution in [-0.2, 0) is 19.6 Å². The summed E-state index contributed by atoms with van der Waals surface area (Å²) in [6.07, 6.45) is 5.17. The average molecular weight is 957 g/mol. The molecule has 2 fully saturated rings. The molecule has 71 heavy (non-hydrogen) atoms. The summed E-state index contributed by atoms with van der Waals surface area (Å²) < 4.78 is 4.21. The van der Waals surface area contributed by atoms with E-state index >= 15 is 0 Å². The predicted molar refractivity (Wildman–Crippen MR) is 287 cm³/mol. The maximum Gasteiger partial charge on any atom is 0.204 e. The number of rotatable bonds is 12. The molecule has 2 aliphatic rings. The molecule has 0 radical (unpaired) electrons. The maximum atomic E-state index is 10.5. The van der Waals surface area contributed by atoms with E-state index in [0.717, 1.165) is 127 Å². The topological polar surface area (TPSA) is 188 Å². The third kappa shape index (κ3) is 13.2. The Labute approximate surface area is 416 Å². The Morgan fingerprint density at radius 3 is 1.62 bits per heavy atom. The first kappa shape index (κ1) is 49.9. The number of anilines is 4. The van der Waals surface area contributed by atoms with Gasteiger partial charge in [0, 0.05) is 47.0 Å². The molecule has 0 aliphatic carbocycles. The SMILES string of the molecule is Cc1ccc(O)c(Cn2c(NC3CCN(C)CC3)nc3ccc(N)cc32)n1.Cc1cccc(C=O)c1.Cc1cccc(CNc2ccc3nc(NC4CCN(C)CC4)n(Cc4nc(C)ccc4O)c3c2)c1. The molecule has 15 nitrogen and oxygen atoms in total. The van der Waals surface area contributed by atoms with Crippen molar-refractivity contribution in [2.24, 2.45) is 0 Å². The highest BCUT2D eigenvalue weighted by Gasteiger charge is 2.23. The molecule has 6 heterocycles. The number of fused-ring (bicyclic) bond motifs is 2. The van der Waals surface area contributed by atoms with Gasteiger partial charge >= 0.3 is 0 Å². The molecule has 0 spiro atoms. The first-order chi connectivity index (χ1) is 34.3. The lowest BCUT2D eigenvalue weighted by Gasteiger charge is -2.29. The molecule has 2 saturated heterocycles. The minimum absolute atomic E-state index is 0.191. The number of nitrogens with zero attached hydrogens (tertiary/aromatic N) is 8. The Balaban J connectivity index is 0.000000166. The van der Waals surface area contributed by atoms with Crippen LogP contribution in [-0.4, -0.2) is 108 Å². The number of pyridine rings is 2. The fourth-order valence-corrected chi connectivity index (χ4v) is 9.09. The van der Waals surface area contributed by atoms with Gasteiger partial charge in [0.1, 0.15) is 29.2 Å². The summed E-state index contributed by atoms with van der Waals surface area (Å²) in [5.41, 5.74) is 18.9. The van der Waals surface area contributed by atoms with Crippen LogP contribution in [0.1, 0.15) is 75.5 Å². The third-order valence-corrected chi connectivity index (χ3v) is 13.2. The van der Waals surface area contributed by atoms with E-state index in [1.807, 2.05) is 63.2 Å². The van der Waals surface area contributed by atoms with Gasteiger partial charge in [-0.05, 0) is 166 Å². The van der Waals surface area contributed by atoms with Crippen LogP contribution in [0.2, 0.25) is 0 Å². The molecule has 0 atom stereocenters. The highest BCUT2D eigenvalue weighted by Crippen LogP contribution is 2.30. The number of nitrogens with two attached hydrogens (primary N) is 1. The Morgan fingerprint density at radius 1 is 0.606 bits per heavy atom. The standard InChI is InChI=1S/C28H34N6O.C20H26N6O.C8H8O/c1-19-5-4-6-21(15-19)17-29-23-8-9-24-26(16-23)34(18-25-27(35)10-7-20(2)30-25)28(32-24)31-22-11-13-33(3)14-12-22;1-13-3-6-19(27)17(22-13)12-26-18-11-14(21)4-5-16(18)24-20(26)23-15-7-9-25(2)10-8-15;1-7-3-2-4-8(5-7)6-9/h4-10,15-16,22,29,35H,11-14,17-18H2,1-3H3,(H,31,32);3-6,11,15,27H,7-10,12,21H2,1-2H3,(H,23,24);2-6H,1H3. The maximum absolute atomic E-state index is 10.5. The van der Waals surface area contributed by atoms with E-state index < -0.39 is 0 Å². The third-order valence-electron chi connectivity index (χ3n) is 13.2. The van der Waals surface area contributed by atoms with Crippen LogP contribution in [0.25, 0.3) is 22.1 Å². The van der Waals surface area contributed by atoms with E-state index in [1.54, 1.807) is 24.3 Å². The van der Waals surface area contributed by atoms with Gasteiger partial charge in [0.15, 0.2) is 0 Å². The van der Waals surface area contributed by atoms with Gasteiger partial charge in [-0.1, -0.05) is 53.6 Å². The molecule has 0 unspecified atom stereocenters. The van der Waals surface area contributed by atoms with Crippen molar-refractivity contribution in [3.05, 3.63) is 154 Å². The number of nitrogens with one attached hydrogen (secondary N) is 3. The lowest BCUT2D eigenvalue weighted by atomic mass is 10.1. The number of carbonyl (C=O) groups is 1. The van der Waals surface area contributed by atoms with Gasteiger partial charge < -0.3 is 50.8 Å². The van der Waals surface area contributed by atoms with Gasteiger partial charge in [0.05, 0.1) is 35.2 Å². The minimum Gasteiger partial charge on any atom is -0.506 e. The van der Waals surface area contributed by atoms with E-state index in [2.05, 4.69) is 108 Å². The number of benzene rings is 4. The normalized spacial score (nSPS) is 14.6. The molecule has 370 valence electrons. The summed E-state index contributed by atoms with van der Waals surface area (Å²) in [5.74, 6) is 2.02. The fourth-order valence-electron chi connectivity index (χ4n) is 9.09. The molecule has 2 aliphatic heterocycles. The van der Waals surface area contributed by atoms with Gasteiger partial charge in [0.25, 0.3) is 0 Å². The largest absolute Gasteiger partial charge is 0.506 e. The van der Waals surface area contributed by atoms with E-state index in [4.69, 9.17) is 15.7 Å². The van der Waals surface area contributed by atoms with E-state index in [0.29, 0.717) is 42.2 Å². The summed E-state index contributed by atoms with van der Waals surface area (Å²) in [5, 5.41) is 31.6. The summed E-state index contributed by atoms with van der Waals surface area (Å²) in [4.78, 5) is 33.7. The number of piperidine rings is 2. The Kier molecular flexibility index (Phi) is 16.1. The number of nitrogen functional groups attached to an aromatic ring is 1. The average Bonchev–Trinajstić information content (AvgIpc) is 3.87. The number of likely N-dealkylation sites (tertiary alicyclic amines) is 2. The molecule has 7 N–H and O–H groups in total. The molecule has 0 saturated carbocycles. The quantitative estimate of drug-likeness (QED) is 0.0503. The molecule has 8 aromatic rings. The first-order valence-corrected chi connectivity index (χ1v) is 24.6. The van der Waals surface area contributed by atoms with Gasteiger partial charge in [0.2, 0.25) is 11.9 Å². The Hall–Kier alpha value is -7.49. The van der Waals surface area contributed by atoms with Gasteiger partial charge in [-0.2, -0.15) is 0 Å². The number of imidazole rings is 2. The summed E-state index contributed by atoms with van der Waals surface area (Å²) in [7, 11) is 4.32.